The molecule has 0 saturated carbocycles. The Hall–Kier alpha value is -3.43. The number of carbonyl (C=O) groups excluding carboxylic acids is 1. The highest BCUT2D eigenvalue weighted by atomic mass is 32.1. The Morgan fingerprint density at radius 2 is 1.87 bits per heavy atom. The molecule has 1 saturated heterocycles. The number of ether oxygens (including phenoxy) is 1. The second-order valence-electron chi connectivity index (χ2n) is 7.28. The summed E-state index contributed by atoms with van der Waals surface area (Å²) in [5.41, 5.74) is 2.95. The Labute approximate surface area is 182 Å². The monoisotopic (exact) mass is 432 g/mol. The van der Waals surface area contributed by atoms with E-state index in [1.807, 2.05) is 24.3 Å². The van der Waals surface area contributed by atoms with Crippen LogP contribution in [0.5, 0.6) is 5.75 Å². The summed E-state index contributed by atoms with van der Waals surface area (Å²) < 4.78 is 6.00. The fourth-order valence-electron chi connectivity index (χ4n) is 3.49. The number of benzene rings is 1. The maximum absolute atomic E-state index is 12.7. The highest BCUT2D eigenvalue weighted by Crippen LogP contribution is 2.24. The van der Waals surface area contributed by atoms with Gasteiger partial charge in [0.25, 0.3) is 5.91 Å². The predicted octanol–water partition coefficient (Wildman–Crippen LogP) is 3.53. The van der Waals surface area contributed by atoms with Crippen LogP contribution in [0.15, 0.2) is 54.3 Å². The molecule has 0 unspecified atom stereocenters. The zero-order chi connectivity index (χ0) is 21.0. The standard InChI is InChI=1S/C22H20N6O2S/c29-21(14-1-3-17(4-2-14)30-18-5-7-23-8-6-18)27-20-10-15-9-19(22-28-26-13-31-22)24-11-16(15)12-25-20/h1-4,9-13,18,23H,5-8H2,(H,25,27,29). The van der Waals surface area contributed by atoms with Crippen molar-refractivity contribution in [2.75, 3.05) is 18.4 Å². The van der Waals surface area contributed by atoms with Gasteiger partial charge >= 0.3 is 0 Å². The summed E-state index contributed by atoms with van der Waals surface area (Å²) in [6, 6.07) is 11.0. The van der Waals surface area contributed by atoms with Crippen LogP contribution in [0.2, 0.25) is 0 Å². The number of hydrogen-bond acceptors (Lipinski definition) is 8. The lowest BCUT2D eigenvalue weighted by atomic mass is 10.1. The Balaban J connectivity index is 1.29. The van der Waals surface area contributed by atoms with E-state index in [0.717, 1.165) is 53.2 Å². The number of aromatic nitrogens is 4. The van der Waals surface area contributed by atoms with E-state index < -0.39 is 0 Å². The number of fused-ring (bicyclic) bond motifs is 1. The van der Waals surface area contributed by atoms with Gasteiger partial charge in [0.05, 0.1) is 0 Å². The van der Waals surface area contributed by atoms with Crippen molar-refractivity contribution in [3.8, 4) is 16.5 Å². The van der Waals surface area contributed by atoms with E-state index in [1.54, 1.807) is 30.0 Å². The van der Waals surface area contributed by atoms with Crippen molar-refractivity contribution in [3.63, 3.8) is 0 Å². The lowest BCUT2D eigenvalue weighted by Crippen LogP contribution is -2.34. The number of hydrogen-bond donors (Lipinski definition) is 2. The van der Waals surface area contributed by atoms with Crippen molar-refractivity contribution < 1.29 is 9.53 Å². The lowest BCUT2D eigenvalue weighted by Gasteiger charge is -2.23. The summed E-state index contributed by atoms with van der Waals surface area (Å²) in [5.74, 6) is 1.03. The maximum atomic E-state index is 12.7. The van der Waals surface area contributed by atoms with Gasteiger partial charge in [0.1, 0.15) is 28.9 Å². The Kier molecular flexibility index (Phi) is 5.51. The minimum atomic E-state index is -0.223. The number of piperidine rings is 1. The number of anilines is 1. The molecule has 4 heterocycles. The molecule has 9 heteroatoms. The van der Waals surface area contributed by atoms with E-state index in [0.29, 0.717) is 11.4 Å². The summed E-state index contributed by atoms with van der Waals surface area (Å²) in [5, 5.41) is 16.6. The van der Waals surface area contributed by atoms with Crippen molar-refractivity contribution in [3.05, 3.63) is 59.9 Å². The molecule has 5 rings (SSSR count). The van der Waals surface area contributed by atoms with Gasteiger partial charge in [-0.25, -0.2) is 4.98 Å². The lowest BCUT2D eigenvalue weighted by molar-refractivity contribution is 0.102. The second-order valence-corrected chi connectivity index (χ2v) is 8.11. The van der Waals surface area contributed by atoms with E-state index in [1.165, 1.54) is 11.3 Å². The average Bonchev–Trinajstić information content (AvgIpc) is 3.35. The SMILES string of the molecule is O=C(Nc1cc2cc(-c3nncs3)ncc2cn1)c1ccc(OC2CCNCC2)cc1. The first-order valence-corrected chi connectivity index (χ1v) is 10.9. The normalized spacial score (nSPS) is 14.5. The molecule has 0 aliphatic carbocycles. The van der Waals surface area contributed by atoms with E-state index in [4.69, 9.17) is 4.74 Å². The van der Waals surface area contributed by atoms with Gasteiger partial charge in [0, 0.05) is 23.3 Å². The van der Waals surface area contributed by atoms with Crippen LogP contribution in [-0.2, 0) is 0 Å². The van der Waals surface area contributed by atoms with Crippen LogP contribution in [0.3, 0.4) is 0 Å². The van der Waals surface area contributed by atoms with E-state index in [2.05, 4.69) is 30.8 Å². The topological polar surface area (TPSA) is 102 Å². The van der Waals surface area contributed by atoms with Gasteiger partial charge in [-0.1, -0.05) is 11.3 Å². The van der Waals surface area contributed by atoms with Crippen LogP contribution in [-0.4, -0.2) is 45.3 Å². The molecule has 1 aliphatic heterocycles. The first kappa shape index (κ1) is 19.5. The number of amides is 1. The first-order chi connectivity index (χ1) is 15.2. The molecule has 0 spiro atoms. The smallest absolute Gasteiger partial charge is 0.256 e. The molecular weight excluding hydrogens is 412 g/mol. The number of nitrogens with one attached hydrogen (secondary N) is 2. The predicted molar refractivity (Wildman–Crippen MR) is 119 cm³/mol. The Bertz CT molecular complexity index is 1190. The van der Waals surface area contributed by atoms with Gasteiger partial charge in [-0.2, -0.15) is 0 Å². The fourth-order valence-corrected chi connectivity index (χ4v) is 4.01. The van der Waals surface area contributed by atoms with Gasteiger partial charge in [-0.3, -0.25) is 9.78 Å². The minimum absolute atomic E-state index is 0.223. The molecule has 1 aliphatic rings. The zero-order valence-corrected chi connectivity index (χ0v) is 17.4. The Morgan fingerprint density at radius 3 is 2.65 bits per heavy atom. The van der Waals surface area contributed by atoms with Crippen molar-refractivity contribution >= 4 is 33.8 Å². The van der Waals surface area contributed by atoms with Gasteiger partial charge in [0.2, 0.25) is 0 Å². The third kappa shape index (κ3) is 4.52. The van der Waals surface area contributed by atoms with Gasteiger partial charge in [-0.15, -0.1) is 10.2 Å². The van der Waals surface area contributed by atoms with Crippen LogP contribution in [0.25, 0.3) is 21.5 Å². The van der Waals surface area contributed by atoms with Crippen molar-refractivity contribution in [1.29, 1.82) is 0 Å². The van der Waals surface area contributed by atoms with Crippen LogP contribution < -0.4 is 15.4 Å². The number of carbonyl (C=O) groups is 1. The summed E-state index contributed by atoms with van der Waals surface area (Å²) in [6.07, 6.45) is 5.64. The fraction of sp³-hybridized carbons (Fsp3) is 0.227. The van der Waals surface area contributed by atoms with Crippen LogP contribution in [0.4, 0.5) is 5.82 Å². The molecule has 0 radical (unpaired) electrons. The molecule has 2 N–H and O–H groups in total. The molecule has 3 aromatic heterocycles. The quantitative estimate of drug-likeness (QED) is 0.497. The molecule has 0 atom stereocenters. The third-order valence-corrected chi connectivity index (χ3v) is 5.84. The Morgan fingerprint density at radius 1 is 1.06 bits per heavy atom. The van der Waals surface area contributed by atoms with E-state index >= 15 is 0 Å². The highest BCUT2D eigenvalue weighted by Gasteiger charge is 2.15. The molecule has 1 amide bonds. The molecule has 31 heavy (non-hydrogen) atoms. The number of nitrogens with zero attached hydrogens (tertiary/aromatic N) is 4. The molecule has 156 valence electrons. The van der Waals surface area contributed by atoms with Crippen molar-refractivity contribution in [2.45, 2.75) is 18.9 Å². The molecule has 8 nitrogen and oxygen atoms in total. The van der Waals surface area contributed by atoms with Crippen molar-refractivity contribution in [2.24, 2.45) is 0 Å². The largest absolute Gasteiger partial charge is 0.490 e. The van der Waals surface area contributed by atoms with Crippen molar-refractivity contribution in [1.82, 2.24) is 25.5 Å². The summed E-state index contributed by atoms with van der Waals surface area (Å²) in [4.78, 5) is 21.4. The van der Waals surface area contributed by atoms with Gasteiger partial charge < -0.3 is 15.4 Å². The first-order valence-electron chi connectivity index (χ1n) is 10.1. The third-order valence-electron chi connectivity index (χ3n) is 5.13. The number of pyridine rings is 2. The second kappa shape index (κ2) is 8.75. The molecule has 4 aromatic rings. The average molecular weight is 433 g/mol. The summed E-state index contributed by atoms with van der Waals surface area (Å²) >= 11 is 1.43. The van der Waals surface area contributed by atoms with E-state index in [9.17, 15) is 4.79 Å². The molecule has 0 bridgehead atoms. The minimum Gasteiger partial charge on any atom is -0.490 e. The summed E-state index contributed by atoms with van der Waals surface area (Å²) in [7, 11) is 0. The molecular formula is C22H20N6O2S. The zero-order valence-electron chi connectivity index (χ0n) is 16.6. The molecule has 1 aromatic carbocycles. The highest BCUT2D eigenvalue weighted by molar-refractivity contribution is 7.12. The van der Waals surface area contributed by atoms with Gasteiger partial charge in [0.15, 0.2) is 5.01 Å². The summed E-state index contributed by atoms with van der Waals surface area (Å²) in [6.45, 7) is 1.95. The van der Waals surface area contributed by atoms with E-state index in [-0.39, 0.29) is 12.0 Å². The van der Waals surface area contributed by atoms with Crippen LogP contribution >= 0.6 is 11.3 Å². The number of rotatable bonds is 5. The van der Waals surface area contributed by atoms with Crippen LogP contribution in [0, 0.1) is 0 Å². The maximum Gasteiger partial charge on any atom is 0.256 e. The van der Waals surface area contributed by atoms with Crippen LogP contribution in [0.1, 0.15) is 23.2 Å². The molecule has 1 fully saturated rings. The van der Waals surface area contributed by atoms with Gasteiger partial charge in [-0.05, 0) is 67.7 Å².